The average Bonchev–Trinajstić information content (AvgIpc) is 2.63. The number of hydrogen-bond acceptors (Lipinski definition) is 3. The molecule has 3 N–H and O–H groups in total. The number of rotatable bonds is 5. The smallest absolute Gasteiger partial charge is 0.242 e. The van der Waals surface area contributed by atoms with Crippen LogP contribution in [0.15, 0.2) is 0 Å². The molecule has 1 aliphatic rings. The van der Waals surface area contributed by atoms with Crippen LogP contribution in [0.2, 0.25) is 0 Å². The fourth-order valence-corrected chi connectivity index (χ4v) is 1.50. The van der Waals surface area contributed by atoms with E-state index < -0.39 is 0 Å². The van der Waals surface area contributed by atoms with E-state index in [1.54, 1.807) is 0 Å². The summed E-state index contributed by atoms with van der Waals surface area (Å²) in [5.41, 5.74) is 0. The van der Waals surface area contributed by atoms with Gasteiger partial charge in [-0.2, -0.15) is 0 Å². The predicted octanol–water partition coefficient (Wildman–Crippen LogP) is -1.09. The molecule has 1 fully saturated rings. The molecule has 1 aliphatic heterocycles. The van der Waals surface area contributed by atoms with Crippen LogP contribution in [0.5, 0.6) is 0 Å². The Labute approximate surface area is 94.2 Å². The first-order valence-electron chi connectivity index (χ1n) is 5.41. The van der Waals surface area contributed by atoms with E-state index in [1.165, 1.54) is 6.92 Å². The normalized spacial score (nSPS) is 19.1. The minimum atomic E-state index is -0.381. The highest BCUT2D eigenvalue weighted by Crippen LogP contribution is 2.05. The SMILES string of the molecule is CC(=O)NCCCNC(=O)C1CCC(=O)N1. The molecule has 0 aromatic rings. The summed E-state index contributed by atoms with van der Waals surface area (Å²) >= 11 is 0. The molecule has 1 rings (SSSR count). The van der Waals surface area contributed by atoms with E-state index in [4.69, 9.17) is 0 Å². The zero-order chi connectivity index (χ0) is 12.0. The molecule has 1 unspecified atom stereocenters. The van der Waals surface area contributed by atoms with E-state index in [-0.39, 0.29) is 23.8 Å². The van der Waals surface area contributed by atoms with Crippen molar-refractivity contribution in [1.82, 2.24) is 16.0 Å². The van der Waals surface area contributed by atoms with Crippen molar-refractivity contribution in [2.45, 2.75) is 32.2 Å². The van der Waals surface area contributed by atoms with Gasteiger partial charge in [0.2, 0.25) is 17.7 Å². The van der Waals surface area contributed by atoms with Crippen LogP contribution >= 0.6 is 0 Å². The molecule has 0 aromatic carbocycles. The topological polar surface area (TPSA) is 87.3 Å². The van der Waals surface area contributed by atoms with E-state index in [9.17, 15) is 14.4 Å². The lowest BCUT2D eigenvalue weighted by Crippen LogP contribution is -2.42. The van der Waals surface area contributed by atoms with Crippen molar-refractivity contribution in [3.8, 4) is 0 Å². The molecule has 0 aliphatic carbocycles. The Morgan fingerprint density at radius 3 is 2.62 bits per heavy atom. The molecule has 3 amide bonds. The molecular weight excluding hydrogens is 210 g/mol. The molecule has 0 aromatic heterocycles. The van der Waals surface area contributed by atoms with Gasteiger partial charge < -0.3 is 16.0 Å². The Balaban J connectivity index is 2.06. The number of amides is 3. The molecule has 1 atom stereocenters. The minimum Gasteiger partial charge on any atom is -0.356 e. The lowest BCUT2D eigenvalue weighted by molar-refractivity contribution is -0.125. The van der Waals surface area contributed by atoms with Crippen molar-refractivity contribution >= 4 is 17.7 Å². The van der Waals surface area contributed by atoms with Crippen molar-refractivity contribution in [3.05, 3.63) is 0 Å². The lowest BCUT2D eigenvalue weighted by Gasteiger charge is -2.10. The summed E-state index contributed by atoms with van der Waals surface area (Å²) in [5, 5.41) is 7.94. The first kappa shape index (κ1) is 12.5. The van der Waals surface area contributed by atoms with Gasteiger partial charge in [0.05, 0.1) is 0 Å². The van der Waals surface area contributed by atoms with E-state index in [0.717, 1.165) is 0 Å². The average molecular weight is 227 g/mol. The van der Waals surface area contributed by atoms with E-state index in [0.29, 0.717) is 32.4 Å². The molecule has 90 valence electrons. The van der Waals surface area contributed by atoms with Gasteiger partial charge in [0.1, 0.15) is 6.04 Å². The van der Waals surface area contributed by atoms with Gasteiger partial charge in [0, 0.05) is 26.4 Å². The van der Waals surface area contributed by atoms with Crippen molar-refractivity contribution < 1.29 is 14.4 Å². The third-order valence-corrected chi connectivity index (χ3v) is 2.34. The molecule has 0 spiro atoms. The largest absolute Gasteiger partial charge is 0.356 e. The quantitative estimate of drug-likeness (QED) is 0.521. The molecule has 16 heavy (non-hydrogen) atoms. The van der Waals surface area contributed by atoms with Gasteiger partial charge in [-0.1, -0.05) is 0 Å². The Bertz CT molecular complexity index is 291. The summed E-state index contributed by atoms with van der Waals surface area (Å²) in [6, 6.07) is -0.381. The van der Waals surface area contributed by atoms with Crippen LogP contribution < -0.4 is 16.0 Å². The van der Waals surface area contributed by atoms with Gasteiger partial charge in [-0.15, -0.1) is 0 Å². The zero-order valence-corrected chi connectivity index (χ0v) is 9.34. The molecule has 0 bridgehead atoms. The Hall–Kier alpha value is -1.59. The maximum Gasteiger partial charge on any atom is 0.242 e. The van der Waals surface area contributed by atoms with Crippen LogP contribution in [0.25, 0.3) is 0 Å². The summed E-state index contributed by atoms with van der Waals surface area (Å²) in [5.74, 6) is -0.290. The van der Waals surface area contributed by atoms with Crippen LogP contribution in [0.1, 0.15) is 26.2 Å². The van der Waals surface area contributed by atoms with E-state index in [1.807, 2.05) is 0 Å². The second kappa shape index (κ2) is 6.09. The summed E-state index contributed by atoms with van der Waals surface area (Å²) < 4.78 is 0. The van der Waals surface area contributed by atoms with Crippen LogP contribution in [-0.2, 0) is 14.4 Å². The van der Waals surface area contributed by atoms with Crippen LogP contribution in [0.3, 0.4) is 0 Å². The molecular formula is C10H17N3O3. The van der Waals surface area contributed by atoms with Crippen molar-refractivity contribution in [2.75, 3.05) is 13.1 Å². The van der Waals surface area contributed by atoms with Gasteiger partial charge in [-0.05, 0) is 12.8 Å². The van der Waals surface area contributed by atoms with Gasteiger partial charge in [0.15, 0.2) is 0 Å². The maximum absolute atomic E-state index is 11.5. The molecule has 6 nitrogen and oxygen atoms in total. The summed E-state index contributed by atoms with van der Waals surface area (Å²) in [7, 11) is 0. The van der Waals surface area contributed by atoms with Gasteiger partial charge in [-0.25, -0.2) is 0 Å². The van der Waals surface area contributed by atoms with Crippen molar-refractivity contribution in [2.24, 2.45) is 0 Å². The van der Waals surface area contributed by atoms with E-state index >= 15 is 0 Å². The fraction of sp³-hybridized carbons (Fsp3) is 0.700. The molecule has 0 saturated carbocycles. The number of hydrogen-bond donors (Lipinski definition) is 3. The molecule has 0 radical (unpaired) electrons. The van der Waals surface area contributed by atoms with Gasteiger partial charge in [0.25, 0.3) is 0 Å². The Morgan fingerprint density at radius 1 is 1.38 bits per heavy atom. The summed E-state index contributed by atoms with van der Waals surface area (Å²) in [6.45, 7) is 2.50. The first-order valence-corrected chi connectivity index (χ1v) is 5.41. The monoisotopic (exact) mass is 227 g/mol. The van der Waals surface area contributed by atoms with Gasteiger partial charge >= 0.3 is 0 Å². The number of nitrogens with one attached hydrogen (secondary N) is 3. The molecule has 1 heterocycles. The second-order valence-electron chi connectivity index (χ2n) is 3.79. The summed E-state index contributed by atoms with van der Waals surface area (Å²) in [4.78, 5) is 32.9. The highest BCUT2D eigenvalue weighted by molar-refractivity contribution is 5.90. The number of carbonyl (C=O) groups is 3. The Morgan fingerprint density at radius 2 is 2.06 bits per heavy atom. The van der Waals surface area contributed by atoms with Crippen LogP contribution in [-0.4, -0.2) is 36.9 Å². The maximum atomic E-state index is 11.5. The molecule has 1 saturated heterocycles. The predicted molar refractivity (Wildman–Crippen MR) is 57.5 cm³/mol. The number of carbonyl (C=O) groups excluding carboxylic acids is 3. The second-order valence-corrected chi connectivity index (χ2v) is 3.79. The lowest BCUT2D eigenvalue weighted by atomic mass is 10.2. The fourth-order valence-electron chi connectivity index (χ4n) is 1.50. The third-order valence-electron chi connectivity index (χ3n) is 2.34. The minimum absolute atomic E-state index is 0.0709. The van der Waals surface area contributed by atoms with Gasteiger partial charge in [-0.3, -0.25) is 14.4 Å². The highest BCUT2D eigenvalue weighted by atomic mass is 16.2. The zero-order valence-electron chi connectivity index (χ0n) is 9.34. The van der Waals surface area contributed by atoms with Crippen molar-refractivity contribution in [1.29, 1.82) is 0 Å². The van der Waals surface area contributed by atoms with E-state index in [2.05, 4.69) is 16.0 Å². The standard InChI is InChI=1S/C10H17N3O3/c1-7(14)11-5-2-6-12-10(16)8-3-4-9(15)13-8/h8H,2-6H2,1H3,(H,11,14)(H,12,16)(H,13,15). The first-order chi connectivity index (χ1) is 7.59. The van der Waals surface area contributed by atoms with Crippen LogP contribution in [0.4, 0.5) is 0 Å². The van der Waals surface area contributed by atoms with Crippen molar-refractivity contribution in [3.63, 3.8) is 0 Å². The molecule has 6 heteroatoms. The summed E-state index contributed by atoms with van der Waals surface area (Å²) in [6.07, 6.45) is 1.67. The third kappa shape index (κ3) is 4.29. The Kier molecular flexibility index (Phi) is 4.75. The highest BCUT2D eigenvalue weighted by Gasteiger charge is 2.26. The van der Waals surface area contributed by atoms with Crippen LogP contribution in [0, 0.1) is 0 Å².